The van der Waals surface area contributed by atoms with Crippen molar-refractivity contribution in [1.82, 2.24) is 0 Å². The highest BCUT2D eigenvalue weighted by atomic mass is 16.5. The van der Waals surface area contributed by atoms with E-state index >= 15 is 0 Å². The molecule has 2 aliphatic rings. The molecule has 2 heterocycles. The van der Waals surface area contributed by atoms with Gasteiger partial charge in [-0.3, -0.25) is 0 Å². The smallest absolute Gasteiger partial charge is 0.265 e. The molecule has 0 bridgehead atoms. The Morgan fingerprint density at radius 2 is 1.67 bits per heavy atom. The van der Waals surface area contributed by atoms with Gasteiger partial charge in [0, 0.05) is 35.3 Å². The minimum Gasteiger partial charge on any atom is -0.478 e. The molecular weight excluding hydrogens is 478 g/mol. The Morgan fingerprint density at radius 3 is 2.26 bits per heavy atom. The van der Waals surface area contributed by atoms with Crippen LogP contribution in [0.3, 0.4) is 0 Å². The quantitative estimate of drug-likeness (QED) is 0.262. The zero-order valence-corrected chi connectivity index (χ0v) is 22.8. The lowest BCUT2D eigenvalue weighted by molar-refractivity contribution is 0.0348. The number of nitrogens with zero attached hydrogens (tertiary/aromatic N) is 3. The van der Waals surface area contributed by atoms with Crippen LogP contribution in [0.2, 0.25) is 0 Å². The van der Waals surface area contributed by atoms with Crippen molar-refractivity contribution in [1.29, 1.82) is 5.26 Å². The fourth-order valence-corrected chi connectivity index (χ4v) is 5.66. The predicted octanol–water partition coefficient (Wildman–Crippen LogP) is 8.20. The van der Waals surface area contributed by atoms with E-state index in [1.807, 2.05) is 72.8 Å². The Balaban J connectivity index is 1.57. The lowest BCUT2D eigenvalue weighted by Gasteiger charge is -2.41. The van der Waals surface area contributed by atoms with Gasteiger partial charge in [0.05, 0.1) is 12.6 Å². The third kappa shape index (κ3) is 5.25. The summed E-state index contributed by atoms with van der Waals surface area (Å²) in [4.78, 5) is 6.04. The summed E-state index contributed by atoms with van der Waals surface area (Å²) >= 11 is 0. The molecule has 0 amide bonds. The second kappa shape index (κ2) is 10.7. The van der Waals surface area contributed by atoms with E-state index in [4.69, 9.17) is 11.3 Å². The molecular formula is C35H33N3O. The average molecular weight is 512 g/mol. The topological polar surface area (TPSA) is 40.6 Å². The number of anilines is 1. The lowest BCUT2D eigenvalue weighted by Crippen LogP contribution is -2.44. The molecule has 2 aliphatic heterocycles. The summed E-state index contributed by atoms with van der Waals surface area (Å²) in [5.41, 5.74) is 5.72. The second-order valence-electron chi connectivity index (χ2n) is 11.1. The van der Waals surface area contributed by atoms with Gasteiger partial charge in [0.25, 0.3) is 5.70 Å². The van der Waals surface area contributed by atoms with E-state index in [0.29, 0.717) is 17.8 Å². The molecule has 0 atom stereocenters. The molecule has 4 nitrogen and oxygen atoms in total. The minimum absolute atomic E-state index is 0.0789. The molecule has 0 aliphatic carbocycles. The van der Waals surface area contributed by atoms with Gasteiger partial charge in [-0.15, -0.1) is 0 Å². The number of benzene rings is 3. The van der Waals surface area contributed by atoms with E-state index in [1.165, 1.54) is 11.3 Å². The Kier molecular flexibility index (Phi) is 7.14. The first-order chi connectivity index (χ1) is 18.8. The van der Waals surface area contributed by atoms with Crippen molar-refractivity contribution in [3.63, 3.8) is 0 Å². The molecule has 3 aromatic rings. The average Bonchev–Trinajstić information content (AvgIpc) is 2.96. The number of hydrogen-bond acceptors (Lipinski definition) is 3. The Bertz CT molecular complexity index is 1470. The van der Waals surface area contributed by atoms with E-state index in [1.54, 1.807) is 0 Å². The van der Waals surface area contributed by atoms with Crippen molar-refractivity contribution in [2.75, 3.05) is 11.4 Å². The third-order valence-corrected chi connectivity index (χ3v) is 7.52. The number of hydrogen-bond donors (Lipinski definition) is 0. The molecule has 5 rings (SSSR count). The van der Waals surface area contributed by atoms with Gasteiger partial charge in [0.2, 0.25) is 0 Å². The zero-order chi connectivity index (χ0) is 27.5. The van der Waals surface area contributed by atoms with E-state index in [0.717, 1.165) is 36.1 Å². The van der Waals surface area contributed by atoms with Crippen LogP contribution in [0.5, 0.6) is 0 Å². The molecule has 3 aromatic carbocycles. The SMILES string of the molecule is [C-]#[N+]C(C#N)=C1C=C(C=Cc2ccc3c(c2)CCCN3C(C)(C)C)OC(c2ccccc2)(c2ccccc2)C1. The highest BCUT2D eigenvalue weighted by molar-refractivity contribution is 5.64. The van der Waals surface area contributed by atoms with Crippen LogP contribution in [0.4, 0.5) is 5.69 Å². The van der Waals surface area contributed by atoms with Crippen LogP contribution < -0.4 is 4.90 Å². The second-order valence-corrected chi connectivity index (χ2v) is 11.1. The standard InChI is InChI=1S/C35H33N3O/c1-34(2,3)38-21-11-12-27-22-26(18-20-33(27)38)17-19-31-23-28(32(25-36)37-4)24-35(39-31,29-13-7-5-8-14-29)30-15-9-6-10-16-30/h5-10,13-20,22-23H,11-12,21,24H2,1-3H3. The number of allylic oxidation sites excluding steroid dienone is 3. The summed E-state index contributed by atoms with van der Waals surface area (Å²) < 4.78 is 6.83. The van der Waals surface area contributed by atoms with Crippen LogP contribution in [-0.2, 0) is 16.8 Å². The zero-order valence-electron chi connectivity index (χ0n) is 22.8. The van der Waals surface area contributed by atoms with Gasteiger partial charge < -0.3 is 9.64 Å². The summed E-state index contributed by atoms with van der Waals surface area (Å²) in [7, 11) is 0. The van der Waals surface area contributed by atoms with Crippen LogP contribution >= 0.6 is 0 Å². The maximum absolute atomic E-state index is 9.76. The summed E-state index contributed by atoms with van der Waals surface area (Å²) in [6.45, 7) is 15.5. The number of rotatable bonds is 4. The first kappa shape index (κ1) is 26.1. The van der Waals surface area contributed by atoms with Gasteiger partial charge in [-0.1, -0.05) is 72.8 Å². The Labute approximate surface area is 232 Å². The summed E-state index contributed by atoms with van der Waals surface area (Å²) in [6.07, 6.45) is 8.48. The molecule has 0 saturated carbocycles. The summed E-state index contributed by atoms with van der Waals surface area (Å²) in [5, 5.41) is 9.76. The molecule has 4 heteroatoms. The monoisotopic (exact) mass is 511 g/mol. The Morgan fingerprint density at radius 1 is 1.00 bits per heavy atom. The maximum Gasteiger partial charge on any atom is 0.265 e. The van der Waals surface area contributed by atoms with Crippen LogP contribution in [0.25, 0.3) is 10.9 Å². The van der Waals surface area contributed by atoms with Gasteiger partial charge in [0.15, 0.2) is 5.60 Å². The van der Waals surface area contributed by atoms with Crippen LogP contribution in [-0.4, -0.2) is 12.1 Å². The number of nitriles is 1. The number of aryl methyl sites for hydroxylation is 1. The van der Waals surface area contributed by atoms with Crippen molar-refractivity contribution >= 4 is 11.8 Å². The first-order valence-corrected chi connectivity index (χ1v) is 13.5. The van der Waals surface area contributed by atoms with Gasteiger partial charge in [-0.25, -0.2) is 10.1 Å². The number of ether oxygens (including phenoxy) is 1. The molecule has 0 unspecified atom stereocenters. The summed E-state index contributed by atoms with van der Waals surface area (Å²) in [5.74, 6) is 0.620. The molecule has 39 heavy (non-hydrogen) atoms. The maximum atomic E-state index is 9.76. The first-order valence-electron chi connectivity index (χ1n) is 13.5. The van der Waals surface area contributed by atoms with E-state index in [-0.39, 0.29) is 11.2 Å². The molecule has 0 fully saturated rings. The van der Waals surface area contributed by atoms with Gasteiger partial charge in [-0.2, -0.15) is 0 Å². The molecule has 0 radical (unpaired) electrons. The van der Waals surface area contributed by atoms with E-state index in [9.17, 15) is 5.26 Å². The fourth-order valence-electron chi connectivity index (χ4n) is 5.66. The van der Waals surface area contributed by atoms with Crippen molar-refractivity contribution in [2.45, 2.75) is 51.2 Å². The van der Waals surface area contributed by atoms with Crippen molar-refractivity contribution in [3.8, 4) is 6.07 Å². The summed E-state index contributed by atoms with van der Waals surface area (Å²) in [6, 6.07) is 28.9. The van der Waals surface area contributed by atoms with Gasteiger partial charge in [-0.05, 0) is 74.6 Å². The minimum atomic E-state index is -0.859. The number of fused-ring (bicyclic) bond motifs is 1. The largest absolute Gasteiger partial charge is 0.478 e. The third-order valence-electron chi connectivity index (χ3n) is 7.52. The molecule has 0 spiro atoms. The van der Waals surface area contributed by atoms with Crippen molar-refractivity contribution in [2.24, 2.45) is 0 Å². The van der Waals surface area contributed by atoms with E-state index in [2.05, 4.69) is 60.9 Å². The van der Waals surface area contributed by atoms with Crippen molar-refractivity contribution in [3.05, 3.63) is 142 Å². The molecule has 0 N–H and O–H groups in total. The molecule has 0 aromatic heterocycles. The highest BCUT2D eigenvalue weighted by Crippen LogP contribution is 2.45. The van der Waals surface area contributed by atoms with Crippen LogP contribution in [0.1, 0.15) is 55.9 Å². The van der Waals surface area contributed by atoms with Gasteiger partial charge in [0.1, 0.15) is 5.76 Å². The van der Waals surface area contributed by atoms with E-state index < -0.39 is 5.60 Å². The Hall–Kier alpha value is -4.54. The van der Waals surface area contributed by atoms with Crippen molar-refractivity contribution < 1.29 is 4.74 Å². The van der Waals surface area contributed by atoms with Gasteiger partial charge >= 0.3 is 0 Å². The molecule has 194 valence electrons. The normalized spacial score (nSPS) is 17.9. The predicted molar refractivity (Wildman–Crippen MR) is 158 cm³/mol. The molecule has 0 saturated heterocycles. The van der Waals surface area contributed by atoms with Crippen LogP contribution in [0, 0.1) is 17.9 Å². The highest BCUT2D eigenvalue weighted by Gasteiger charge is 2.40. The van der Waals surface area contributed by atoms with Crippen LogP contribution in [0.15, 0.2) is 108 Å². The fraction of sp³-hybridized carbons (Fsp3) is 0.257. The lowest BCUT2D eigenvalue weighted by atomic mass is 9.79.